The van der Waals surface area contributed by atoms with Gasteiger partial charge in [-0.1, -0.05) is 0 Å². The van der Waals surface area contributed by atoms with Gasteiger partial charge in [-0.05, 0) is 39.5 Å². The molecule has 0 saturated carbocycles. The number of nitrogens with zero attached hydrogens (tertiary/aromatic N) is 5. The maximum Gasteiger partial charge on any atom is 0.410 e. The molecule has 0 unspecified atom stereocenters. The second kappa shape index (κ2) is 8.98. The van der Waals surface area contributed by atoms with Crippen molar-refractivity contribution in [3.63, 3.8) is 0 Å². The Kier molecular flexibility index (Phi) is 6.64. The molecular weight excluding hydrogens is 376 g/mol. The number of thiazole rings is 1. The number of guanidine groups is 1. The second-order valence-corrected chi connectivity index (χ2v) is 9.27. The number of carbonyl (C=O) groups excluding carboxylic acids is 1. The summed E-state index contributed by atoms with van der Waals surface area (Å²) in [7, 11) is 0. The predicted molar refractivity (Wildman–Crippen MR) is 113 cm³/mol. The van der Waals surface area contributed by atoms with Gasteiger partial charge in [-0.2, -0.15) is 0 Å². The Morgan fingerprint density at radius 1 is 1.21 bits per heavy atom. The van der Waals surface area contributed by atoms with E-state index in [2.05, 4.69) is 19.8 Å². The van der Waals surface area contributed by atoms with Crippen molar-refractivity contribution < 1.29 is 9.53 Å². The highest BCUT2D eigenvalue weighted by molar-refractivity contribution is 7.13. The van der Waals surface area contributed by atoms with Crippen molar-refractivity contribution in [2.24, 2.45) is 16.6 Å². The second-order valence-electron chi connectivity index (χ2n) is 8.40. The van der Waals surface area contributed by atoms with E-state index in [0.717, 1.165) is 63.8 Å². The number of carbonyl (C=O) groups is 1. The summed E-state index contributed by atoms with van der Waals surface area (Å²) in [6.45, 7) is 11.4. The van der Waals surface area contributed by atoms with Crippen LogP contribution in [0.15, 0.2) is 16.6 Å². The molecule has 3 rings (SSSR count). The number of ether oxygens (including phenoxy) is 1. The van der Waals surface area contributed by atoms with E-state index >= 15 is 0 Å². The molecule has 0 radical (unpaired) electrons. The molecule has 8 nitrogen and oxygen atoms in total. The highest BCUT2D eigenvalue weighted by Crippen LogP contribution is 2.21. The van der Waals surface area contributed by atoms with Crippen molar-refractivity contribution in [2.75, 3.05) is 50.7 Å². The van der Waals surface area contributed by atoms with Crippen LogP contribution < -0.4 is 10.6 Å². The molecule has 2 N–H and O–H groups in total. The average Bonchev–Trinajstić information content (AvgIpc) is 3.20. The minimum atomic E-state index is -0.448. The van der Waals surface area contributed by atoms with Crippen LogP contribution in [0.5, 0.6) is 0 Å². The highest BCUT2D eigenvalue weighted by atomic mass is 32.1. The van der Waals surface area contributed by atoms with Crippen LogP contribution in [0.25, 0.3) is 0 Å². The van der Waals surface area contributed by atoms with Crippen LogP contribution in [-0.4, -0.2) is 78.3 Å². The van der Waals surface area contributed by atoms with Crippen LogP contribution in [0.1, 0.15) is 33.6 Å². The summed E-state index contributed by atoms with van der Waals surface area (Å²) in [5.74, 6) is 1.10. The summed E-state index contributed by atoms with van der Waals surface area (Å²) >= 11 is 1.67. The number of hydrogen-bond acceptors (Lipinski definition) is 6. The molecule has 1 aromatic heterocycles. The molecule has 2 aliphatic heterocycles. The van der Waals surface area contributed by atoms with Gasteiger partial charge in [0.15, 0.2) is 11.1 Å². The predicted octanol–water partition coefficient (Wildman–Crippen LogP) is 2.23. The van der Waals surface area contributed by atoms with E-state index in [9.17, 15) is 4.79 Å². The number of nitrogens with two attached hydrogens (primary N) is 1. The van der Waals surface area contributed by atoms with Crippen molar-refractivity contribution in [2.45, 2.75) is 39.2 Å². The maximum absolute atomic E-state index is 12.1. The van der Waals surface area contributed by atoms with Crippen LogP contribution in [-0.2, 0) is 4.74 Å². The van der Waals surface area contributed by atoms with Gasteiger partial charge in [-0.3, -0.25) is 4.99 Å². The van der Waals surface area contributed by atoms with Gasteiger partial charge in [-0.25, -0.2) is 9.78 Å². The number of likely N-dealkylation sites (tertiary alicyclic amines) is 1. The third-order valence-electron chi connectivity index (χ3n) is 5.07. The Morgan fingerprint density at radius 2 is 1.89 bits per heavy atom. The number of amides is 1. The molecule has 0 bridgehead atoms. The molecule has 2 fully saturated rings. The molecule has 1 aromatic rings. The lowest BCUT2D eigenvalue weighted by molar-refractivity contribution is 0.0187. The zero-order chi connectivity index (χ0) is 20.1. The highest BCUT2D eigenvalue weighted by Gasteiger charge is 2.27. The van der Waals surface area contributed by atoms with Gasteiger partial charge in [0.1, 0.15) is 5.60 Å². The molecule has 0 atom stereocenters. The first-order valence-corrected chi connectivity index (χ1v) is 10.9. The molecule has 0 aliphatic carbocycles. The Morgan fingerprint density at radius 3 is 2.46 bits per heavy atom. The number of rotatable bonds is 3. The van der Waals surface area contributed by atoms with Crippen molar-refractivity contribution in [3.8, 4) is 0 Å². The Hall–Kier alpha value is -2.03. The Bertz CT molecular complexity index is 656. The zero-order valence-electron chi connectivity index (χ0n) is 17.1. The summed E-state index contributed by atoms with van der Waals surface area (Å²) < 4.78 is 5.45. The molecule has 2 saturated heterocycles. The van der Waals surface area contributed by atoms with E-state index in [1.807, 2.05) is 32.3 Å². The fraction of sp³-hybridized carbons (Fsp3) is 0.737. The number of aliphatic imine (C=N–C) groups is 1. The van der Waals surface area contributed by atoms with E-state index in [4.69, 9.17) is 10.5 Å². The summed E-state index contributed by atoms with van der Waals surface area (Å²) in [6.07, 6.45) is 3.50. The largest absolute Gasteiger partial charge is 0.444 e. The molecule has 0 aromatic carbocycles. The molecule has 3 heterocycles. The smallest absolute Gasteiger partial charge is 0.410 e. The molecule has 0 spiro atoms. The third kappa shape index (κ3) is 5.73. The molecule has 156 valence electrons. The van der Waals surface area contributed by atoms with E-state index in [0.29, 0.717) is 11.9 Å². The summed E-state index contributed by atoms with van der Waals surface area (Å²) in [4.78, 5) is 27.4. The van der Waals surface area contributed by atoms with Gasteiger partial charge in [-0.15, -0.1) is 11.3 Å². The summed E-state index contributed by atoms with van der Waals surface area (Å²) in [5.41, 5.74) is 5.79. The summed E-state index contributed by atoms with van der Waals surface area (Å²) in [5, 5.41) is 3.08. The minimum absolute atomic E-state index is 0.216. The van der Waals surface area contributed by atoms with Gasteiger partial charge < -0.3 is 25.2 Å². The van der Waals surface area contributed by atoms with Gasteiger partial charge in [0, 0.05) is 57.4 Å². The first-order chi connectivity index (χ1) is 13.3. The number of aromatic nitrogens is 1. The number of piperidine rings is 1. The number of hydrogen-bond donors (Lipinski definition) is 1. The Labute approximate surface area is 171 Å². The number of anilines is 1. The van der Waals surface area contributed by atoms with Gasteiger partial charge in [0.05, 0.1) is 0 Å². The lowest BCUT2D eigenvalue weighted by Gasteiger charge is -2.35. The standard InChI is InChI=1S/C19H32N6O2S/c1-19(2,3)27-18(26)25-7-4-15(5-8-25)14-22-16(20)23-9-11-24(12-10-23)17-21-6-13-28-17/h6,13,15H,4-5,7-12,14H2,1-3H3,(H2,20,22). The third-order valence-corrected chi connectivity index (χ3v) is 5.90. The van der Waals surface area contributed by atoms with Gasteiger partial charge in [0.25, 0.3) is 0 Å². The first-order valence-electron chi connectivity index (χ1n) is 9.99. The Balaban J connectivity index is 1.39. The van der Waals surface area contributed by atoms with Crippen molar-refractivity contribution in [1.29, 1.82) is 0 Å². The molecule has 9 heteroatoms. The molecule has 28 heavy (non-hydrogen) atoms. The minimum Gasteiger partial charge on any atom is -0.444 e. The van der Waals surface area contributed by atoms with Crippen molar-refractivity contribution in [1.82, 2.24) is 14.8 Å². The molecule has 2 aliphatic rings. The maximum atomic E-state index is 12.1. The van der Waals surface area contributed by atoms with Crippen LogP contribution >= 0.6 is 11.3 Å². The van der Waals surface area contributed by atoms with E-state index in [1.165, 1.54) is 0 Å². The topological polar surface area (TPSA) is 87.3 Å². The van der Waals surface area contributed by atoms with Crippen LogP contribution in [0, 0.1) is 5.92 Å². The van der Waals surface area contributed by atoms with E-state index < -0.39 is 5.60 Å². The SMILES string of the molecule is CC(C)(C)OC(=O)N1CCC(CN=C(N)N2CCN(c3nccs3)CC2)CC1. The van der Waals surface area contributed by atoms with Crippen molar-refractivity contribution in [3.05, 3.63) is 11.6 Å². The quantitative estimate of drug-likeness (QED) is 0.610. The first kappa shape index (κ1) is 20.7. The van der Waals surface area contributed by atoms with Crippen molar-refractivity contribution >= 4 is 28.5 Å². The average molecular weight is 409 g/mol. The lowest BCUT2D eigenvalue weighted by Crippen LogP contribution is -2.51. The lowest BCUT2D eigenvalue weighted by atomic mass is 9.97. The van der Waals surface area contributed by atoms with Gasteiger partial charge >= 0.3 is 6.09 Å². The number of piperazine rings is 1. The van der Waals surface area contributed by atoms with E-state index in [1.54, 1.807) is 16.2 Å². The van der Waals surface area contributed by atoms with Crippen LogP contribution in [0.2, 0.25) is 0 Å². The monoisotopic (exact) mass is 408 g/mol. The fourth-order valence-electron chi connectivity index (χ4n) is 3.45. The summed E-state index contributed by atoms with van der Waals surface area (Å²) in [6, 6.07) is 0. The molecular formula is C19H32N6O2S. The zero-order valence-corrected chi connectivity index (χ0v) is 18.0. The van der Waals surface area contributed by atoms with E-state index in [-0.39, 0.29) is 6.09 Å². The normalized spacial score (nSPS) is 19.8. The van der Waals surface area contributed by atoms with Crippen LogP contribution in [0.4, 0.5) is 9.93 Å². The fourth-order valence-corrected chi connectivity index (χ4v) is 4.14. The molecule has 1 amide bonds. The van der Waals surface area contributed by atoms with Gasteiger partial charge in [0.2, 0.25) is 0 Å². The van der Waals surface area contributed by atoms with Crippen LogP contribution in [0.3, 0.4) is 0 Å².